The first-order chi connectivity index (χ1) is 11.3. The average Bonchev–Trinajstić information content (AvgIpc) is 3.05. The smallest absolute Gasteiger partial charge is 0.325 e. The molecule has 3 rings (SSSR count). The Labute approximate surface area is 136 Å². The fraction of sp³-hybridized carbons (Fsp3) is 0.267. The lowest BCUT2D eigenvalue weighted by atomic mass is 9.92. The Balaban J connectivity index is 1.87. The lowest BCUT2D eigenvalue weighted by Gasteiger charge is -2.21. The lowest BCUT2D eigenvalue weighted by molar-refractivity contribution is -0.384. The van der Waals surface area contributed by atoms with E-state index in [1.807, 2.05) is 0 Å². The van der Waals surface area contributed by atoms with Gasteiger partial charge < -0.3 is 9.84 Å². The van der Waals surface area contributed by atoms with E-state index in [1.165, 1.54) is 24.3 Å². The third kappa shape index (κ3) is 2.49. The molecule has 1 aromatic heterocycles. The number of benzene rings is 1. The van der Waals surface area contributed by atoms with Gasteiger partial charge in [0.2, 0.25) is 0 Å². The van der Waals surface area contributed by atoms with Crippen LogP contribution in [-0.4, -0.2) is 26.9 Å². The number of non-ortho nitro benzene ring substituents is 1. The van der Waals surface area contributed by atoms with Gasteiger partial charge in [-0.25, -0.2) is 4.79 Å². The molecule has 24 heavy (non-hydrogen) atoms. The van der Waals surface area contributed by atoms with Gasteiger partial charge >= 0.3 is 6.03 Å². The Hall–Kier alpha value is -3.23. The summed E-state index contributed by atoms with van der Waals surface area (Å²) >= 11 is 0. The van der Waals surface area contributed by atoms with Gasteiger partial charge in [0.1, 0.15) is 5.54 Å². The van der Waals surface area contributed by atoms with E-state index >= 15 is 0 Å². The van der Waals surface area contributed by atoms with Crippen LogP contribution in [0.5, 0.6) is 0 Å². The van der Waals surface area contributed by atoms with Crippen molar-refractivity contribution in [2.75, 3.05) is 0 Å². The summed E-state index contributed by atoms with van der Waals surface area (Å²) in [5.41, 5.74) is -0.271. The molecule has 1 aromatic carbocycles. The number of hydrogen-bond donors (Lipinski definition) is 1. The zero-order valence-corrected chi connectivity index (χ0v) is 13.0. The van der Waals surface area contributed by atoms with Gasteiger partial charge in [-0.05, 0) is 31.5 Å². The highest BCUT2D eigenvalue weighted by Gasteiger charge is 2.49. The molecule has 1 unspecified atom stereocenters. The molecule has 0 spiro atoms. The van der Waals surface area contributed by atoms with E-state index in [9.17, 15) is 19.7 Å². The second-order valence-electron chi connectivity index (χ2n) is 5.69. The molecule has 1 fully saturated rings. The summed E-state index contributed by atoms with van der Waals surface area (Å²) in [4.78, 5) is 36.1. The molecule has 1 saturated heterocycles. The summed E-state index contributed by atoms with van der Waals surface area (Å²) in [5.74, 6) is -0.0700. The minimum Gasteiger partial charge on any atom is -0.359 e. The zero-order valence-electron chi connectivity index (χ0n) is 13.0. The molecule has 9 heteroatoms. The van der Waals surface area contributed by atoms with E-state index in [1.54, 1.807) is 19.9 Å². The Bertz CT molecular complexity index is 829. The van der Waals surface area contributed by atoms with Gasteiger partial charge in [-0.2, -0.15) is 0 Å². The first kappa shape index (κ1) is 15.7. The fourth-order valence-electron chi connectivity index (χ4n) is 2.60. The van der Waals surface area contributed by atoms with Gasteiger partial charge in [-0.15, -0.1) is 0 Å². The third-order valence-corrected chi connectivity index (χ3v) is 3.92. The van der Waals surface area contributed by atoms with E-state index in [4.69, 9.17) is 4.52 Å². The summed E-state index contributed by atoms with van der Waals surface area (Å²) in [6.45, 7) is 3.26. The van der Waals surface area contributed by atoms with Crippen molar-refractivity contribution in [3.8, 4) is 0 Å². The van der Waals surface area contributed by atoms with E-state index < -0.39 is 22.4 Å². The number of amides is 3. The predicted octanol–water partition coefficient (Wildman–Crippen LogP) is 1.86. The van der Waals surface area contributed by atoms with Crippen LogP contribution < -0.4 is 5.32 Å². The van der Waals surface area contributed by atoms with Gasteiger partial charge in [0.05, 0.1) is 17.2 Å². The second-order valence-corrected chi connectivity index (χ2v) is 5.69. The van der Waals surface area contributed by atoms with Crippen LogP contribution in [-0.2, 0) is 16.9 Å². The zero-order chi connectivity index (χ0) is 17.5. The molecule has 1 N–H and O–H groups in total. The van der Waals surface area contributed by atoms with Crippen LogP contribution in [0.4, 0.5) is 10.5 Å². The van der Waals surface area contributed by atoms with Gasteiger partial charge in [0.25, 0.3) is 11.6 Å². The lowest BCUT2D eigenvalue weighted by Crippen LogP contribution is -2.40. The van der Waals surface area contributed by atoms with Gasteiger partial charge in [0.15, 0.2) is 5.76 Å². The van der Waals surface area contributed by atoms with Crippen LogP contribution in [0.25, 0.3) is 0 Å². The highest BCUT2D eigenvalue weighted by atomic mass is 16.6. The predicted molar refractivity (Wildman–Crippen MR) is 80.8 cm³/mol. The van der Waals surface area contributed by atoms with Crippen molar-refractivity contribution < 1.29 is 19.0 Å². The van der Waals surface area contributed by atoms with Crippen LogP contribution in [0.2, 0.25) is 0 Å². The Morgan fingerprint density at radius 1 is 1.33 bits per heavy atom. The van der Waals surface area contributed by atoms with Gasteiger partial charge in [-0.1, -0.05) is 5.16 Å². The Morgan fingerprint density at radius 2 is 2.00 bits per heavy atom. The van der Waals surface area contributed by atoms with Gasteiger partial charge in [-0.3, -0.25) is 19.8 Å². The SMILES string of the molecule is Cc1cc(CN2C(=O)NC(C)(c3ccc([N+](=O)[O-])cc3)C2=O)on1. The molecule has 0 radical (unpaired) electrons. The van der Waals surface area contributed by atoms with Crippen molar-refractivity contribution in [2.45, 2.75) is 25.9 Å². The fourth-order valence-corrected chi connectivity index (χ4v) is 2.60. The van der Waals surface area contributed by atoms with Crippen LogP contribution in [0.1, 0.15) is 23.9 Å². The van der Waals surface area contributed by atoms with E-state index in [2.05, 4.69) is 10.5 Å². The molecular weight excluding hydrogens is 316 g/mol. The van der Waals surface area contributed by atoms with Gasteiger partial charge in [0, 0.05) is 18.2 Å². The van der Waals surface area contributed by atoms with Crippen LogP contribution in [0, 0.1) is 17.0 Å². The summed E-state index contributed by atoms with van der Waals surface area (Å²) in [7, 11) is 0. The van der Waals surface area contributed by atoms with Crippen molar-refractivity contribution in [1.29, 1.82) is 0 Å². The molecule has 1 atom stereocenters. The largest absolute Gasteiger partial charge is 0.359 e. The molecule has 2 aromatic rings. The monoisotopic (exact) mass is 330 g/mol. The number of nitro groups is 1. The number of aromatic nitrogens is 1. The quantitative estimate of drug-likeness (QED) is 0.519. The minimum atomic E-state index is -1.29. The molecule has 2 heterocycles. The molecule has 1 aliphatic rings. The Morgan fingerprint density at radius 3 is 2.54 bits per heavy atom. The number of imide groups is 1. The molecule has 0 saturated carbocycles. The molecule has 3 amide bonds. The summed E-state index contributed by atoms with van der Waals surface area (Å²) < 4.78 is 5.04. The average molecular weight is 330 g/mol. The maximum Gasteiger partial charge on any atom is 0.325 e. The van der Waals surface area contributed by atoms with E-state index in [-0.39, 0.29) is 12.2 Å². The van der Waals surface area contributed by atoms with E-state index in [0.717, 1.165) is 4.90 Å². The maximum absolute atomic E-state index is 12.7. The topological polar surface area (TPSA) is 119 Å². The van der Waals surface area contributed by atoms with Crippen molar-refractivity contribution >= 4 is 17.6 Å². The normalized spacial score (nSPS) is 20.3. The third-order valence-electron chi connectivity index (χ3n) is 3.92. The highest BCUT2D eigenvalue weighted by Crippen LogP contribution is 2.30. The maximum atomic E-state index is 12.7. The number of rotatable bonds is 4. The number of nitrogens with zero attached hydrogens (tertiary/aromatic N) is 3. The molecule has 124 valence electrons. The summed E-state index contributed by atoms with van der Waals surface area (Å²) in [5, 5.41) is 17.1. The standard InChI is InChI=1S/C15H14N4O5/c1-9-7-12(24-17-9)8-18-13(20)15(2,16-14(18)21)10-3-5-11(6-4-10)19(22)23/h3-7H,8H2,1-2H3,(H,16,21). The van der Waals surface area contributed by atoms with Crippen molar-refractivity contribution in [3.05, 3.63) is 57.5 Å². The number of nitro benzene ring substituents is 1. The first-order valence-corrected chi connectivity index (χ1v) is 7.12. The molecule has 1 aliphatic heterocycles. The van der Waals surface area contributed by atoms with Crippen LogP contribution in [0.3, 0.4) is 0 Å². The number of carbonyl (C=O) groups is 2. The first-order valence-electron chi connectivity index (χ1n) is 7.12. The molecule has 0 bridgehead atoms. The number of hydrogen-bond acceptors (Lipinski definition) is 6. The number of urea groups is 1. The number of aryl methyl sites for hydroxylation is 1. The van der Waals surface area contributed by atoms with Crippen molar-refractivity contribution in [2.24, 2.45) is 0 Å². The van der Waals surface area contributed by atoms with Crippen LogP contribution in [0.15, 0.2) is 34.9 Å². The minimum absolute atomic E-state index is 0.0337. The second kappa shape index (κ2) is 5.44. The number of nitrogens with one attached hydrogen (secondary N) is 1. The molecule has 9 nitrogen and oxygen atoms in total. The molecular formula is C15H14N4O5. The van der Waals surface area contributed by atoms with Crippen molar-refractivity contribution in [1.82, 2.24) is 15.4 Å². The van der Waals surface area contributed by atoms with E-state index in [0.29, 0.717) is 17.0 Å². The van der Waals surface area contributed by atoms with Crippen molar-refractivity contribution in [3.63, 3.8) is 0 Å². The number of carbonyl (C=O) groups excluding carboxylic acids is 2. The van der Waals surface area contributed by atoms with Crippen LogP contribution >= 0.6 is 0 Å². The molecule has 0 aliphatic carbocycles. The Kier molecular flexibility index (Phi) is 3.55. The summed E-state index contributed by atoms with van der Waals surface area (Å²) in [6, 6.07) is 6.58. The highest BCUT2D eigenvalue weighted by molar-refractivity contribution is 6.07. The summed E-state index contributed by atoms with van der Waals surface area (Å²) in [6.07, 6.45) is 0.